The molecule has 0 saturated carbocycles. The molecule has 7 nitrogen and oxygen atoms in total. The van der Waals surface area contributed by atoms with Gasteiger partial charge in [0.05, 0.1) is 12.4 Å². The Balaban J connectivity index is 2.21. The van der Waals surface area contributed by atoms with Gasteiger partial charge in [0, 0.05) is 17.8 Å². The third-order valence-corrected chi connectivity index (χ3v) is 4.42. The topological polar surface area (TPSA) is 86.3 Å². The standard InChI is InChI=1S/C10H8N4O3S2/c1-19(16,17)7-4-11-14(5-7)9-8(6-15)13-2-3-18-10(13)12-9/h2-6H,1H3. The molecule has 9 heteroatoms. The van der Waals surface area contributed by atoms with Crippen molar-refractivity contribution in [1.29, 1.82) is 0 Å². The molecule has 0 unspecified atom stereocenters. The predicted molar refractivity (Wildman–Crippen MR) is 68.7 cm³/mol. The average molecular weight is 296 g/mol. The van der Waals surface area contributed by atoms with Crippen LogP contribution in [0, 0.1) is 0 Å². The van der Waals surface area contributed by atoms with Gasteiger partial charge in [-0.3, -0.25) is 9.20 Å². The second-order valence-corrected chi connectivity index (χ2v) is 6.78. The van der Waals surface area contributed by atoms with Crippen LogP contribution >= 0.6 is 11.3 Å². The van der Waals surface area contributed by atoms with Gasteiger partial charge >= 0.3 is 0 Å². The van der Waals surface area contributed by atoms with Crippen molar-refractivity contribution in [2.24, 2.45) is 0 Å². The maximum absolute atomic E-state index is 11.4. The zero-order chi connectivity index (χ0) is 13.6. The second-order valence-electron chi connectivity index (χ2n) is 3.89. The predicted octanol–water partition coefficient (Wildman–Crippen LogP) is 0.798. The fourth-order valence-electron chi connectivity index (χ4n) is 1.68. The summed E-state index contributed by atoms with van der Waals surface area (Å²) in [6, 6.07) is 0. The Bertz CT molecular complexity index is 872. The summed E-state index contributed by atoms with van der Waals surface area (Å²) < 4.78 is 25.7. The monoisotopic (exact) mass is 296 g/mol. The molecule has 0 aliphatic carbocycles. The summed E-state index contributed by atoms with van der Waals surface area (Å²) in [6.07, 6.45) is 6.07. The first-order valence-electron chi connectivity index (χ1n) is 5.16. The van der Waals surface area contributed by atoms with E-state index in [-0.39, 0.29) is 4.90 Å². The molecule has 0 aliphatic rings. The molecular weight excluding hydrogens is 288 g/mol. The van der Waals surface area contributed by atoms with Crippen molar-refractivity contribution < 1.29 is 13.2 Å². The number of carbonyl (C=O) groups is 1. The van der Waals surface area contributed by atoms with Crippen molar-refractivity contribution in [3.8, 4) is 5.82 Å². The molecule has 3 aromatic heterocycles. The third-order valence-electron chi connectivity index (χ3n) is 2.60. The zero-order valence-electron chi connectivity index (χ0n) is 9.72. The van der Waals surface area contributed by atoms with E-state index in [4.69, 9.17) is 0 Å². The Morgan fingerprint density at radius 2 is 2.21 bits per heavy atom. The SMILES string of the molecule is CS(=O)(=O)c1cnn(-c2nc3sccn3c2C=O)c1. The van der Waals surface area contributed by atoms with Crippen LogP contribution in [0.25, 0.3) is 10.8 Å². The van der Waals surface area contributed by atoms with Crippen LogP contribution in [-0.2, 0) is 9.84 Å². The van der Waals surface area contributed by atoms with Gasteiger partial charge in [-0.25, -0.2) is 13.1 Å². The molecule has 98 valence electrons. The number of imidazole rings is 1. The Hall–Kier alpha value is -2.00. The maximum Gasteiger partial charge on any atom is 0.196 e. The van der Waals surface area contributed by atoms with E-state index in [1.54, 1.807) is 10.6 Å². The normalized spacial score (nSPS) is 12.1. The highest BCUT2D eigenvalue weighted by Gasteiger charge is 2.17. The minimum atomic E-state index is -3.33. The Morgan fingerprint density at radius 3 is 2.84 bits per heavy atom. The molecule has 0 amide bonds. The van der Waals surface area contributed by atoms with E-state index in [1.165, 1.54) is 28.4 Å². The van der Waals surface area contributed by atoms with Crippen molar-refractivity contribution in [2.75, 3.05) is 6.26 Å². The number of hydrogen-bond acceptors (Lipinski definition) is 6. The van der Waals surface area contributed by atoms with Gasteiger partial charge in [0.1, 0.15) is 10.6 Å². The van der Waals surface area contributed by atoms with Crippen LogP contribution in [0.3, 0.4) is 0 Å². The first-order valence-corrected chi connectivity index (χ1v) is 7.93. The summed E-state index contributed by atoms with van der Waals surface area (Å²) in [5.74, 6) is 0.316. The Morgan fingerprint density at radius 1 is 1.42 bits per heavy atom. The van der Waals surface area contributed by atoms with Crippen molar-refractivity contribution in [1.82, 2.24) is 19.2 Å². The molecule has 0 radical (unpaired) electrons. The van der Waals surface area contributed by atoms with Crippen LogP contribution in [-0.4, -0.2) is 40.1 Å². The number of fused-ring (bicyclic) bond motifs is 1. The van der Waals surface area contributed by atoms with Gasteiger partial charge in [0.15, 0.2) is 26.9 Å². The molecule has 0 atom stereocenters. The van der Waals surface area contributed by atoms with Crippen molar-refractivity contribution >= 4 is 32.4 Å². The van der Waals surface area contributed by atoms with Crippen LogP contribution in [0.2, 0.25) is 0 Å². The molecule has 0 aliphatic heterocycles. The van der Waals surface area contributed by atoms with Gasteiger partial charge in [-0.2, -0.15) is 10.1 Å². The Kier molecular flexibility index (Phi) is 2.54. The fourth-order valence-corrected chi connectivity index (χ4v) is 2.93. The van der Waals surface area contributed by atoms with E-state index >= 15 is 0 Å². The lowest BCUT2D eigenvalue weighted by atomic mass is 10.4. The molecule has 0 aromatic carbocycles. The molecular formula is C10H8N4O3S2. The van der Waals surface area contributed by atoms with Gasteiger partial charge in [-0.05, 0) is 0 Å². The van der Waals surface area contributed by atoms with Gasteiger partial charge in [-0.15, -0.1) is 11.3 Å². The first-order chi connectivity index (χ1) is 9.00. The molecule has 0 N–H and O–H groups in total. The minimum Gasteiger partial charge on any atom is -0.296 e. The van der Waals surface area contributed by atoms with E-state index in [2.05, 4.69) is 10.1 Å². The maximum atomic E-state index is 11.4. The Labute approximate surface area is 112 Å². The van der Waals surface area contributed by atoms with E-state index < -0.39 is 9.84 Å². The molecule has 0 saturated heterocycles. The molecule has 0 spiro atoms. The van der Waals surface area contributed by atoms with Crippen LogP contribution < -0.4 is 0 Å². The highest BCUT2D eigenvalue weighted by molar-refractivity contribution is 7.90. The number of carbonyl (C=O) groups excluding carboxylic acids is 1. The minimum absolute atomic E-state index is 0.0840. The van der Waals surface area contributed by atoms with Crippen molar-refractivity contribution in [3.63, 3.8) is 0 Å². The van der Waals surface area contributed by atoms with Crippen LogP contribution in [0.15, 0.2) is 28.9 Å². The number of nitrogens with zero attached hydrogens (tertiary/aromatic N) is 4. The number of aldehydes is 1. The van der Waals surface area contributed by atoms with E-state index in [9.17, 15) is 13.2 Å². The summed E-state index contributed by atoms with van der Waals surface area (Å²) in [5, 5.41) is 5.75. The molecule has 19 heavy (non-hydrogen) atoms. The summed E-state index contributed by atoms with van der Waals surface area (Å²) in [4.78, 5) is 16.2. The number of hydrogen-bond donors (Lipinski definition) is 0. The smallest absolute Gasteiger partial charge is 0.196 e. The second kappa shape index (κ2) is 4.00. The van der Waals surface area contributed by atoms with Crippen molar-refractivity contribution in [3.05, 3.63) is 29.7 Å². The lowest BCUT2D eigenvalue weighted by Crippen LogP contribution is -2.00. The number of rotatable bonds is 3. The summed E-state index contributed by atoms with van der Waals surface area (Å²) >= 11 is 1.38. The van der Waals surface area contributed by atoms with Gasteiger partial charge in [0.25, 0.3) is 0 Å². The van der Waals surface area contributed by atoms with Gasteiger partial charge in [-0.1, -0.05) is 0 Å². The van der Waals surface area contributed by atoms with Crippen LogP contribution in [0.4, 0.5) is 0 Å². The summed E-state index contributed by atoms with van der Waals surface area (Å²) in [5.41, 5.74) is 0.333. The zero-order valence-corrected chi connectivity index (χ0v) is 11.3. The van der Waals surface area contributed by atoms with E-state index in [0.29, 0.717) is 22.8 Å². The largest absolute Gasteiger partial charge is 0.296 e. The highest BCUT2D eigenvalue weighted by Crippen LogP contribution is 2.19. The fraction of sp³-hybridized carbons (Fsp3) is 0.100. The molecule has 0 fully saturated rings. The van der Waals surface area contributed by atoms with Gasteiger partial charge in [0.2, 0.25) is 0 Å². The van der Waals surface area contributed by atoms with Gasteiger partial charge < -0.3 is 0 Å². The lowest BCUT2D eigenvalue weighted by Gasteiger charge is -1.96. The summed E-state index contributed by atoms with van der Waals surface area (Å²) in [7, 11) is -3.33. The molecule has 3 rings (SSSR count). The van der Waals surface area contributed by atoms with E-state index in [1.807, 2.05) is 5.38 Å². The molecule has 3 aromatic rings. The van der Waals surface area contributed by atoms with Crippen molar-refractivity contribution in [2.45, 2.75) is 4.90 Å². The third kappa shape index (κ3) is 1.87. The first kappa shape index (κ1) is 12.1. The van der Waals surface area contributed by atoms with Crippen LogP contribution in [0.1, 0.15) is 10.5 Å². The number of thiazole rings is 1. The van der Waals surface area contributed by atoms with Crippen LogP contribution in [0.5, 0.6) is 0 Å². The summed E-state index contributed by atoms with van der Waals surface area (Å²) in [6.45, 7) is 0. The molecule has 0 bridgehead atoms. The number of sulfone groups is 1. The quantitative estimate of drug-likeness (QED) is 0.667. The number of aromatic nitrogens is 4. The average Bonchev–Trinajstić information content (AvgIpc) is 3.01. The lowest BCUT2D eigenvalue weighted by molar-refractivity contribution is 0.111. The van der Waals surface area contributed by atoms with E-state index in [0.717, 1.165) is 6.26 Å². The highest BCUT2D eigenvalue weighted by atomic mass is 32.2. The molecule has 3 heterocycles.